The van der Waals surface area contributed by atoms with Crippen molar-refractivity contribution in [1.29, 1.82) is 0 Å². The van der Waals surface area contributed by atoms with E-state index in [1.54, 1.807) is 6.92 Å². The summed E-state index contributed by atoms with van der Waals surface area (Å²) in [4.78, 5) is 13.5. The average Bonchev–Trinajstić information content (AvgIpc) is 2.86. The van der Waals surface area contributed by atoms with Crippen LogP contribution in [0.25, 0.3) is 0 Å². The van der Waals surface area contributed by atoms with Crippen LogP contribution >= 0.6 is 0 Å². The summed E-state index contributed by atoms with van der Waals surface area (Å²) in [6.45, 7) is 6.08. The van der Waals surface area contributed by atoms with Crippen LogP contribution in [0.1, 0.15) is 31.5 Å². The molecule has 0 aliphatic heterocycles. The number of carbonyl (C=O) groups is 1. The normalized spacial score (nSPS) is 10.5. The molecule has 3 nitrogen and oxygen atoms in total. The molecule has 1 aromatic heterocycles. The van der Waals surface area contributed by atoms with Gasteiger partial charge >= 0.3 is 0 Å². The van der Waals surface area contributed by atoms with Gasteiger partial charge in [-0.3, -0.25) is 4.79 Å². The van der Waals surface area contributed by atoms with Gasteiger partial charge in [0, 0.05) is 31.9 Å². The Kier molecular flexibility index (Phi) is 4.99. The Morgan fingerprint density at radius 1 is 1.15 bits per heavy atom. The molecule has 0 aliphatic rings. The third-order valence-electron chi connectivity index (χ3n) is 3.41. The molecule has 20 heavy (non-hydrogen) atoms. The quantitative estimate of drug-likeness (QED) is 0.790. The minimum absolute atomic E-state index is 0.138. The lowest BCUT2D eigenvalue weighted by Crippen LogP contribution is -2.29. The summed E-state index contributed by atoms with van der Waals surface area (Å²) >= 11 is 0. The number of carbonyl (C=O) groups excluding carboxylic acids is 1. The van der Waals surface area contributed by atoms with E-state index in [9.17, 15) is 4.79 Å². The second kappa shape index (κ2) is 6.94. The van der Waals surface area contributed by atoms with E-state index in [1.165, 1.54) is 11.3 Å². The standard InChI is InChI=1S/C17H22N2O/c1-3-11-18(15(2)20)14-17-10-7-12-19(17)13-16-8-5-4-6-9-16/h4-10,12H,3,11,13-14H2,1-2H3. The van der Waals surface area contributed by atoms with E-state index in [0.29, 0.717) is 6.54 Å². The number of nitrogens with zero attached hydrogens (tertiary/aromatic N) is 2. The molecule has 0 bridgehead atoms. The van der Waals surface area contributed by atoms with Gasteiger partial charge in [0.15, 0.2) is 0 Å². The third kappa shape index (κ3) is 3.73. The molecule has 0 N–H and O–H groups in total. The van der Waals surface area contributed by atoms with Gasteiger partial charge in [-0.1, -0.05) is 37.3 Å². The summed E-state index contributed by atoms with van der Waals surface area (Å²) in [6.07, 6.45) is 3.06. The van der Waals surface area contributed by atoms with E-state index in [2.05, 4.69) is 48.0 Å². The lowest BCUT2D eigenvalue weighted by atomic mass is 10.2. The minimum atomic E-state index is 0.138. The SMILES string of the molecule is CCCN(Cc1cccn1Cc1ccccc1)C(C)=O. The summed E-state index contributed by atoms with van der Waals surface area (Å²) < 4.78 is 2.21. The molecule has 106 valence electrons. The lowest BCUT2D eigenvalue weighted by Gasteiger charge is -2.21. The molecular weight excluding hydrogens is 248 g/mol. The minimum Gasteiger partial charge on any atom is -0.345 e. The van der Waals surface area contributed by atoms with E-state index in [1.807, 2.05) is 17.0 Å². The maximum absolute atomic E-state index is 11.6. The van der Waals surface area contributed by atoms with Gasteiger partial charge in [-0.2, -0.15) is 0 Å². The van der Waals surface area contributed by atoms with Crippen LogP contribution < -0.4 is 0 Å². The van der Waals surface area contributed by atoms with Crippen LogP contribution in [0.5, 0.6) is 0 Å². The zero-order chi connectivity index (χ0) is 14.4. The van der Waals surface area contributed by atoms with Crippen LogP contribution in [0.2, 0.25) is 0 Å². The van der Waals surface area contributed by atoms with Crippen LogP contribution in [0.4, 0.5) is 0 Å². The molecule has 0 radical (unpaired) electrons. The fourth-order valence-electron chi connectivity index (χ4n) is 2.34. The van der Waals surface area contributed by atoms with Gasteiger partial charge in [-0.25, -0.2) is 0 Å². The molecule has 1 amide bonds. The molecule has 0 saturated heterocycles. The third-order valence-corrected chi connectivity index (χ3v) is 3.41. The second-order valence-electron chi connectivity index (χ2n) is 5.05. The van der Waals surface area contributed by atoms with Gasteiger partial charge in [0.25, 0.3) is 0 Å². The summed E-state index contributed by atoms with van der Waals surface area (Å²) in [5.41, 5.74) is 2.45. The first-order valence-corrected chi connectivity index (χ1v) is 7.14. The van der Waals surface area contributed by atoms with Gasteiger partial charge in [0.05, 0.1) is 6.54 Å². The van der Waals surface area contributed by atoms with Crippen molar-refractivity contribution in [3.63, 3.8) is 0 Å². The maximum atomic E-state index is 11.6. The van der Waals surface area contributed by atoms with Crippen molar-refractivity contribution in [2.75, 3.05) is 6.54 Å². The Morgan fingerprint density at radius 2 is 1.90 bits per heavy atom. The highest BCUT2D eigenvalue weighted by molar-refractivity contribution is 5.73. The van der Waals surface area contributed by atoms with Gasteiger partial charge in [0.2, 0.25) is 5.91 Å². The lowest BCUT2D eigenvalue weighted by molar-refractivity contribution is -0.129. The van der Waals surface area contributed by atoms with Crippen LogP contribution in [-0.2, 0) is 17.9 Å². The van der Waals surface area contributed by atoms with Crippen LogP contribution in [0.15, 0.2) is 48.7 Å². The van der Waals surface area contributed by atoms with Gasteiger partial charge in [0.1, 0.15) is 0 Å². The molecule has 1 heterocycles. The Morgan fingerprint density at radius 3 is 2.55 bits per heavy atom. The topological polar surface area (TPSA) is 25.2 Å². The molecular formula is C17H22N2O. The van der Waals surface area contributed by atoms with Gasteiger partial charge in [-0.05, 0) is 24.1 Å². The van der Waals surface area contributed by atoms with Gasteiger partial charge < -0.3 is 9.47 Å². The number of aromatic nitrogens is 1. The predicted molar refractivity (Wildman–Crippen MR) is 81.4 cm³/mol. The Hall–Kier alpha value is -2.03. The van der Waals surface area contributed by atoms with Crippen molar-refractivity contribution in [3.8, 4) is 0 Å². The first-order chi connectivity index (χ1) is 9.70. The fraction of sp³-hybridized carbons (Fsp3) is 0.353. The summed E-state index contributed by atoms with van der Waals surface area (Å²) in [5.74, 6) is 0.138. The highest BCUT2D eigenvalue weighted by Gasteiger charge is 2.10. The van der Waals surface area contributed by atoms with E-state index < -0.39 is 0 Å². The fourth-order valence-corrected chi connectivity index (χ4v) is 2.34. The largest absolute Gasteiger partial charge is 0.345 e. The Bertz CT molecular complexity index is 545. The molecule has 0 fully saturated rings. The van der Waals surface area contributed by atoms with Crippen molar-refractivity contribution < 1.29 is 4.79 Å². The Balaban J connectivity index is 2.10. The van der Waals surface area contributed by atoms with Gasteiger partial charge in [-0.15, -0.1) is 0 Å². The Labute approximate surface area is 120 Å². The molecule has 3 heteroatoms. The first-order valence-electron chi connectivity index (χ1n) is 7.14. The monoisotopic (exact) mass is 270 g/mol. The predicted octanol–water partition coefficient (Wildman–Crippen LogP) is 3.29. The van der Waals surface area contributed by atoms with E-state index in [0.717, 1.165) is 19.5 Å². The van der Waals surface area contributed by atoms with Crippen LogP contribution in [0, 0.1) is 0 Å². The molecule has 0 saturated carbocycles. The number of hydrogen-bond donors (Lipinski definition) is 0. The number of benzene rings is 1. The van der Waals surface area contributed by atoms with Crippen LogP contribution in [-0.4, -0.2) is 21.9 Å². The molecule has 0 aliphatic carbocycles. The van der Waals surface area contributed by atoms with Crippen LogP contribution in [0.3, 0.4) is 0 Å². The maximum Gasteiger partial charge on any atom is 0.219 e. The van der Waals surface area contributed by atoms with Crippen molar-refractivity contribution in [2.24, 2.45) is 0 Å². The molecule has 0 unspecified atom stereocenters. The number of hydrogen-bond acceptors (Lipinski definition) is 1. The van der Waals surface area contributed by atoms with Crippen molar-refractivity contribution in [2.45, 2.75) is 33.4 Å². The molecule has 2 aromatic rings. The van der Waals surface area contributed by atoms with E-state index in [-0.39, 0.29) is 5.91 Å². The van der Waals surface area contributed by atoms with E-state index >= 15 is 0 Å². The molecule has 2 rings (SSSR count). The summed E-state index contributed by atoms with van der Waals surface area (Å²) in [6, 6.07) is 14.5. The number of amides is 1. The number of rotatable bonds is 6. The smallest absolute Gasteiger partial charge is 0.219 e. The highest BCUT2D eigenvalue weighted by Crippen LogP contribution is 2.11. The van der Waals surface area contributed by atoms with Crippen molar-refractivity contribution in [1.82, 2.24) is 9.47 Å². The van der Waals surface area contributed by atoms with E-state index in [4.69, 9.17) is 0 Å². The zero-order valence-corrected chi connectivity index (χ0v) is 12.2. The second-order valence-corrected chi connectivity index (χ2v) is 5.05. The van der Waals surface area contributed by atoms with Crippen molar-refractivity contribution in [3.05, 3.63) is 59.9 Å². The zero-order valence-electron chi connectivity index (χ0n) is 12.2. The molecule has 0 spiro atoms. The first kappa shape index (κ1) is 14.4. The highest BCUT2D eigenvalue weighted by atomic mass is 16.2. The summed E-state index contributed by atoms with van der Waals surface area (Å²) in [7, 11) is 0. The summed E-state index contributed by atoms with van der Waals surface area (Å²) in [5, 5.41) is 0. The molecule has 0 atom stereocenters. The average molecular weight is 270 g/mol. The van der Waals surface area contributed by atoms with Crippen molar-refractivity contribution >= 4 is 5.91 Å². The molecule has 1 aromatic carbocycles.